The Bertz CT molecular complexity index is 1200. The SMILES string of the molecule is COc1ccc2c(c1)C1=C3C(=O)OC(=O)C3=C3C(C)=C(C#N)S[C@@]3(C)[C@]1(C)N2C. The topological polar surface area (TPSA) is 79.6 Å². The molecule has 146 valence electrons. The second kappa shape index (κ2) is 5.33. The Morgan fingerprint density at radius 1 is 1.17 bits per heavy atom. The molecule has 1 aliphatic carbocycles. The molecule has 29 heavy (non-hydrogen) atoms. The number of rotatable bonds is 1. The van der Waals surface area contributed by atoms with Crippen molar-refractivity contribution in [1.29, 1.82) is 5.26 Å². The highest BCUT2D eigenvalue weighted by molar-refractivity contribution is 8.05. The third kappa shape index (κ3) is 1.79. The Morgan fingerprint density at radius 2 is 1.83 bits per heavy atom. The summed E-state index contributed by atoms with van der Waals surface area (Å²) in [7, 11) is 3.57. The van der Waals surface area contributed by atoms with Crippen molar-refractivity contribution < 1.29 is 19.1 Å². The van der Waals surface area contributed by atoms with Crippen molar-refractivity contribution in [3.8, 4) is 11.8 Å². The van der Waals surface area contributed by atoms with Gasteiger partial charge < -0.3 is 14.4 Å². The minimum absolute atomic E-state index is 0.296. The molecular formula is C22H18N2O4S. The summed E-state index contributed by atoms with van der Waals surface area (Å²) >= 11 is 1.45. The summed E-state index contributed by atoms with van der Waals surface area (Å²) in [5.41, 5.74) is 3.93. The molecule has 0 N–H and O–H groups in total. The van der Waals surface area contributed by atoms with Crippen molar-refractivity contribution >= 4 is 35.0 Å². The summed E-state index contributed by atoms with van der Waals surface area (Å²) in [6, 6.07) is 8.00. The van der Waals surface area contributed by atoms with Gasteiger partial charge in [-0.25, -0.2) is 9.59 Å². The van der Waals surface area contributed by atoms with Gasteiger partial charge in [0.1, 0.15) is 11.8 Å². The van der Waals surface area contributed by atoms with E-state index in [9.17, 15) is 14.9 Å². The van der Waals surface area contributed by atoms with E-state index >= 15 is 0 Å². The summed E-state index contributed by atoms with van der Waals surface area (Å²) in [5, 5.41) is 9.71. The van der Waals surface area contributed by atoms with E-state index in [1.807, 2.05) is 39.1 Å². The van der Waals surface area contributed by atoms with Gasteiger partial charge in [-0.3, -0.25) is 0 Å². The van der Waals surface area contributed by atoms with Crippen molar-refractivity contribution in [3.63, 3.8) is 0 Å². The number of benzene rings is 1. The molecule has 0 saturated carbocycles. The average Bonchev–Trinajstić information content (AvgIpc) is 3.22. The molecule has 5 rings (SSSR count). The van der Waals surface area contributed by atoms with Crippen molar-refractivity contribution in [2.24, 2.45) is 0 Å². The van der Waals surface area contributed by atoms with Crippen LogP contribution in [0.15, 0.2) is 45.4 Å². The molecule has 7 heteroatoms. The Balaban J connectivity index is 1.96. The molecule has 0 unspecified atom stereocenters. The van der Waals surface area contributed by atoms with E-state index in [0.717, 1.165) is 28.0 Å². The molecule has 3 aliphatic heterocycles. The Kier molecular flexibility index (Phi) is 3.32. The smallest absolute Gasteiger partial charge is 0.347 e. The number of nitrogens with zero attached hydrogens (tertiary/aromatic N) is 2. The number of nitriles is 1. The number of fused-ring (bicyclic) bond motifs is 6. The highest BCUT2D eigenvalue weighted by Gasteiger charge is 2.66. The number of ether oxygens (including phenoxy) is 2. The fourth-order valence-electron chi connectivity index (χ4n) is 5.27. The normalized spacial score (nSPS) is 29.6. The molecule has 0 aromatic heterocycles. The lowest BCUT2D eigenvalue weighted by molar-refractivity contribution is -0.149. The van der Waals surface area contributed by atoms with Crippen LogP contribution in [-0.2, 0) is 14.3 Å². The van der Waals surface area contributed by atoms with Crippen LogP contribution < -0.4 is 9.64 Å². The molecule has 0 spiro atoms. The summed E-state index contributed by atoms with van der Waals surface area (Å²) in [4.78, 5) is 28.3. The van der Waals surface area contributed by atoms with Crippen LogP contribution in [0.5, 0.6) is 5.75 Å². The van der Waals surface area contributed by atoms with Crippen molar-refractivity contribution in [3.05, 3.63) is 51.0 Å². The van der Waals surface area contributed by atoms with Gasteiger partial charge >= 0.3 is 11.9 Å². The second-order valence-corrected chi connectivity index (χ2v) is 9.32. The molecule has 3 heterocycles. The van der Waals surface area contributed by atoms with E-state index in [1.165, 1.54) is 11.8 Å². The molecule has 1 aromatic rings. The van der Waals surface area contributed by atoms with E-state index in [1.54, 1.807) is 7.11 Å². The van der Waals surface area contributed by atoms with Gasteiger partial charge in [-0.1, -0.05) is 0 Å². The first-order chi connectivity index (χ1) is 13.7. The first kappa shape index (κ1) is 18.1. The molecule has 4 aliphatic rings. The number of allylic oxidation sites excluding steroid dienone is 2. The number of esters is 2. The number of anilines is 1. The molecule has 0 radical (unpaired) electrons. The maximum Gasteiger partial charge on any atom is 0.347 e. The number of methoxy groups -OCH3 is 1. The van der Waals surface area contributed by atoms with Gasteiger partial charge in [0.15, 0.2) is 0 Å². The summed E-state index contributed by atoms with van der Waals surface area (Å²) in [5.74, 6) is -0.605. The van der Waals surface area contributed by atoms with Gasteiger partial charge in [-0.2, -0.15) is 5.26 Å². The standard InChI is InChI=1S/C22H18N2O4S/c1-10-14(9-23)29-22(3)17(10)15-16(20(26)28-19(15)25)18-12-8-11(27-5)6-7-13(12)24(4)21(18,22)2/h6-8H,1-5H3/t21-,22-/m1/s1. The van der Waals surface area contributed by atoms with E-state index in [0.29, 0.717) is 21.8 Å². The fourth-order valence-corrected chi connectivity index (χ4v) is 6.77. The predicted molar refractivity (Wildman–Crippen MR) is 109 cm³/mol. The van der Waals surface area contributed by atoms with Gasteiger partial charge in [0.2, 0.25) is 0 Å². The number of thioether (sulfide) groups is 1. The fraction of sp³-hybridized carbons (Fsp3) is 0.318. The van der Waals surface area contributed by atoms with Crippen LogP contribution >= 0.6 is 11.8 Å². The van der Waals surface area contributed by atoms with Crippen LogP contribution in [0.3, 0.4) is 0 Å². The van der Waals surface area contributed by atoms with E-state index in [2.05, 4.69) is 17.9 Å². The van der Waals surface area contributed by atoms with Crippen molar-refractivity contribution in [2.75, 3.05) is 19.1 Å². The zero-order chi connectivity index (χ0) is 20.9. The number of carbonyl (C=O) groups excluding carboxylic acids is 2. The molecule has 1 saturated heterocycles. The highest BCUT2D eigenvalue weighted by Crippen LogP contribution is 2.68. The number of likely N-dealkylation sites (N-methyl/N-ethyl adjacent to an activating group) is 1. The molecule has 6 nitrogen and oxygen atoms in total. The lowest BCUT2D eigenvalue weighted by Gasteiger charge is -2.50. The molecule has 2 atom stereocenters. The summed E-state index contributed by atoms with van der Waals surface area (Å²) < 4.78 is 9.85. The summed E-state index contributed by atoms with van der Waals surface area (Å²) in [6.07, 6.45) is 0. The predicted octanol–water partition coefficient (Wildman–Crippen LogP) is 3.35. The first-order valence-electron chi connectivity index (χ1n) is 9.19. The quantitative estimate of drug-likeness (QED) is 0.523. The average molecular weight is 406 g/mol. The number of hydrogen-bond acceptors (Lipinski definition) is 7. The number of carbonyl (C=O) groups is 2. The van der Waals surface area contributed by atoms with Crippen LogP contribution in [-0.4, -0.2) is 36.4 Å². The summed E-state index contributed by atoms with van der Waals surface area (Å²) in [6.45, 7) is 5.95. The Labute approximate surface area is 172 Å². The maximum absolute atomic E-state index is 12.9. The van der Waals surface area contributed by atoms with Gasteiger partial charge in [0.05, 0.1) is 33.4 Å². The Hall–Kier alpha value is -2.98. The molecular weight excluding hydrogens is 388 g/mol. The van der Waals surface area contributed by atoms with Gasteiger partial charge in [-0.05, 0) is 50.1 Å². The molecule has 1 fully saturated rings. The number of cyclic esters (lactones) is 2. The van der Waals surface area contributed by atoms with Crippen molar-refractivity contribution in [2.45, 2.75) is 31.1 Å². The van der Waals surface area contributed by atoms with Crippen LogP contribution in [0, 0.1) is 11.3 Å². The van der Waals surface area contributed by atoms with Crippen LogP contribution in [0.4, 0.5) is 5.69 Å². The zero-order valence-corrected chi connectivity index (χ0v) is 17.5. The van der Waals surface area contributed by atoms with Crippen molar-refractivity contribution in [1.82, 2.24) is 0 Å². The Morgan fingerprint density at radius 3 is 2.45 bits per heavy atom. The molecule has 0 amide bonds. The third-order valence-electron chi connectivity index (χ3n) is 6.87. The second-order valence-electron chi connectivity index (χ2n) is 7.89. The van der Waals surface area contributed by atoms with Crippen LogP contribution in [0.25, 0.3) is 5.57 Å². The van der Waals surface area contributed by atoms with E-state index < -0.39 is 22.2 Å². The largest absolute Gasteiger partial charge is 0.497 e. The lowest BCUT2D eigenvalue weighted by Crippen LogP contribution is -2.58. The molecule has 1 aromatic carbocycles. The minimum Gasteiger partial charge on any atom is -0.497 e. The van der Waals surface area contributed by atoms with Gasteiger partial charge in [0, 0.05) is 23.9 Å². The van der Waals surface area contributed by atoms with Gasteiger partial charge in [-0.15, -0.1) is 11.8 Å². The highest BCUT2D eigenvalue weighted by atomic mass is 32.2. The first-order valence-corrected chi connectivity index (χ1v) is 10.0. The molecule has 0 bridgehead atoms. The van der Waals surface area contributed by atoms with E-state index in [4.69, 9.17) is 9.47 Å². The van der Waals surface area contributed by atoms with Gasteiger partial charge in [0.25, 0.3) is 0 Å². The lowest BCUT2D eigenvalue weighted by atomic mass is 9.65. The van der Waals surface area contributed by atoms with E-state index in [-0.39, 0.29) is 0 Å². The third-order valence-corrected chi connectivity index (χ3v) is 8.48. The van der Waals surface area contributed by atoms with Crippen LogP contribution in [0.2, 0.25) is 0 Å². The van der Waals surface area contributed by atoms with Crippen LogP contribution in [0.1, 0.15) is 26.3 Å². The maximum atomic E-state index is 12.9. The zero-order valence-electron chi connectivity index (χ0n) is 16.7. The number of hydrogen-bond donors (Lipinski definition) is 0. The monoisotopic (exact) mass is 406 g/mol. The minimum atomic E-state index is -0.677.